The molecule has 1 N–H and O–H groups in total. The van der Waals surface area contributed by atoms with Gasteiger partial charge in [0, 0.05) is 10.7 Å². The van der Waals surface area contributed by atoms with Crippen molar-refractivity contribution in [2.45, 2.75) is 25.7 Å². The van der Waals surface area contributed by atoms with E-state index in [0.717, 1.165) is 16.7 Å². The highest BCUT2D eigenvalue weighted by molar-refractivity contribution is 8.13. The minimum atomic E-state index is -3.55. The fraction of sp³-hybridized carbons (Fsp3) is 0.130. The van der Waals surface area contributed by atoms with Gasteiger partial charge in [-0.05, 0) is 57.2 Å². The predicted octanol–water partition coefficient (Wildman–Crippen LogP) is 5.58. The Kier molecular flexibility index (Phi) is 10.4. The molecule has 0 saturated carbocycles. The Labute approximate surface area is 186 Å². The molecule has 31 heavy (non-hydrogen) atoms. The molecule has 162 valence electrons. The number of hydrogen-bond acceptors (Lipinski definition) is 5. The molecule has 0 heterocycles. The fourth-order valence-corrected chi connectivity index (χ4v) is 2.92. The summed E-state index contributed by atoms with van der Waals surface area (Å²) in [5, 5.41) is 8.51. The second-order valence-electron chi connectivity index (χ2n) is 6.46. The van der Waals surface area contributed by atoms with Crippen LogP contribution in [0.4, 0.5) is 5.69 Å². The van der Waals surface area contributed by atoms with Crippen LogP contribution in [0.1, 0.15) is 27.0 Å². The number of carboxylic acid groups (broad SMARTS) is 1. The normalized spacial score (nSPS) is 9.81. The van der Waals surface area contributed by atoms with Crippen LogP contribution in [0.3, 0.4) is 0 Å². The van der Waals surface area contributed by atoms with E-state index in [1.54, 1.807) is 42.5 Å². The number of isocyanates is 1. The van der Waals surface area contributed by atoms with Crippen molar-refractivity contribution in [2.75, 3.05) is 0 Å². The summed E-state index contributed by atoms with van der Waals surface area (Å²) in [5.74, 6) is -0.872. The number of halogens is 1. The Hall–Kier alpha value is -3.25. The van der Waals surface area contributed by atoms with Gasteiger partial charge in [0.1, 0.15) is 0 Å². The van der Waals surface area contributed by atoms with E-state index in [1.807, 2.05) is 39.0 Å². The van der Waals surface area contributed by atoms with Crippen LogP contribution in [0, 0.1) is 20.8 Å². The summed E-state index contributed by atoms with van der Waals surface area (Å²) in [6, 6.07) is 20.6. The first-order chi connectivity index (χ1) is 14.5. The van der Waals surface area contributed by atoms with Crippen LogP contribution in [0.2, 0.25) is 0 Å². The van der Waals surface area contributed by atoms with E-state index < -0.39 is 15.0 Å². The lowest BCUT2D eigenvalue weighted by molar-refractivity contribution is 0.0696. The highest BCUT2D eigenvalue weighted by atomic mass is 35.7. The molecule has 3 aromatic carbocycles. The lowest BCUT2D eigenvalue weighted by Gasteiger charge is -1.94. The minimum absolute atomic E-state index is 0.143. The average Bonchev–Trinajstić information content (AvgIpc) is 2.70. The number of aliphatic imine (C=N–C) groups is 1. The number of benzene rings is 3. The summed E-state index contributed by atoms with van der Waals surface area (Å²) in [6.45, 7) is 5.73. The van der Waals surface area contributed by atoms with E-state index in [1.165, 1.54) is 18.2 Å². The Morgan fingerprint density at radius 3 is 1.77 bits per heavy atom. The van der Waals surface area contributed by atoms with Crippen molar-refractivity contribution in [3.63, 3.8) is 0 Å². The Morgan fingerprint density at radius 1 is 0.871 bits per heavy atom. The topological polar surface area (TPSA) is 101 Å². The van der Waals surface area contributed by atoms with E-state index in [2.05, 4.69) is 4.99 Å². The van der Waals surface area contributed by atoms with Gasteiger partial charge < -0.3 is 5.11 Å². The maximum atomic E-state index is 10.7. The van der Waals surface area contributed by atoms with Crippen LogP contribution < -0.4 is 0 Å². The lowest BCUT2D eigenvalue weighted by atomic mass is 10.1. The average molecular weight is 460 g/mol. The van der Waals surface area contributed by atoms with Crippen LogP contribution in [0.15, 0.2) is 82.7 Å². The van der Waals surface area contributed by atoms with Crippen LogP contribution in [-0.4, -0.2) is 25.6 Å². The molecule has 3 aromatic rings. The second kappa shape index (κ2) is 12.4. The van der Waals surface area contributed by atoms with Crippen molar-refractivity contribution in [2.24, 2.45) is 4.99 Å². The molecule has 6 nitrogen and oxygen atoms in total. The van der Waals surface area contributed by atoms with E-state index in [-0.39, 0.29) is 4.90 Å². The van der Waals surface area contributed by atoms with Crippen molar-refractivity contribution in [3.05, 3.63) is 95.1 Å². The molecular formula is C23H22ClNO5S. The number of carboxylic acids is 1. The minimum Gasteiger partial charge on any atom is -0.478 e. The van der Waals surface area contributed by atoms with Gasteiger partial charge in [0.05, 0.1) is 16.1 Å². The third-order valence-corrected chi connectivity index (χ3v) is 5.15. The van der Waals surface area contributed by atoms with Gasteiger partial charge in [0.15, 0.2) is 0 Å². The molecule has 0 spiro atoms. The number of carbonyl (C=O) groups is 1. The molecule has 8 heteroatoms. The first kappa shape index (κ1) is 25.8. The highest BCUT2D eigenvalue weighted by Crippen LogP contribution is 2.14. The second-order valence-corrected chi connectivity index (χ2v) is 9.03. The van der Waals surface area contributed by atoms with Crippen molar-refractivity contribution in [1.82, 2.24) is 0 Å². The van der Waals surface area contributed by atoms with E-state index in [9.17, 15) is 18.0 Å². The number of carbonyl (C=O) groups excluding carboxylic acids is 1. The maximum Gasteiger partial charge on any atom is 0.335 e. The molecule has 0 atom stereocenters. The van der Waals surface area contributed by atoms with Gasteiger partial charge >= 0.3 is 5.97 Å². The van der Waals surface area contributed by atoms with Gasteiger partial charge in [-0.1, -0.05) is 53.1 Å². The zero-order valence-corrected chi connectivity index (χ0v) is 18.8. The summed E-state index contributed by atoms with van der Waals surface area (Å²) in [5.41, 5.74) is 4.14. The van der Waals surface area contributed by atoms with Gasteiger partial charge in [-0.25, -0.2) is 18.0 Å². The van der Waals surface area contributed by atoms with Crippen LogP contribution in [-0.2, 0) is 13.8 Å². The Balaban J connectivity index is 0.000000233. The smallest absolute Gasteiger partial charge is 0.335 e. The Morgan fingerprint density at radius 2 is 1.39 bits per heavy atom. The molecule has 0 saturated heterocycles. The van der Waals surface area contributed by atoms with E-state index in [0.29, 0.717) is 11.3 Å². The van der Waals surface area contributed by atoms with Crippen molar-refractivity contribution in [3.8, 4) is 0 Å². The van der Waals surface area contributed by atoms with Gasteiger partial charge in [-0.2, -0.15) is 4.99 Å². The first-order valence-corrected chi connectivity index (χ1v) is 11.3. The third-order valence-electron chi connectivity index (χ3n) is 3.78. The highest BCUT2D eigenvalue weighted by Gasteiger charge is 2.07. The quantitative estimate of drug-likeness (QED) is 0.313. The van der Waals surface area contributed by atoms with Gasteiger partial charge in [0.25, 0.3) is 9.05 Å². The van der Waals surface area contributed by atoms with Gasteiger partial charge in [-0.3, -0.25) is 0 Å². The molecule has 0 aliphatic heterocycles. The molecular weight excluding hydrogens is 438 g/mol. The first-order valence-electron chi connectivity index (χ1n) is 8.98. The SMILES string of the molecule is Cc1ccc(N=C=O)cc1.Cc1ccc(S(=O)(=O)Cl)cc1.Cc1cccc(C(=O)O)c1. The number of rotatable bonds is 3. The molecule has 0 unspecified atom stereocenters. The molecule has 0 aliphatic carbocycles. The number of nitrogens with zero attached hydrogens (tertiary/aromatic N) is 1. The number of aryl methyl sites for hydroxylation is 3. The molecule has 0 aliphatic rings. The summed E-state index contributed by atoms with van der Waals surface area (Å²) in [4.78, 5) is 23.7. The zero-order valence-electron chi connectivity index (χ0n) is 17.2. The monoisotopic (exact) mass is 459 g/mol. The van der Waals surface area contributed by atoms with Gasteiger partial charge in [-0.15, -0.1) is 0 Å². The molecule has 0 bridgehead atoms. The summed E-state index contributed by atoms with van der Waals surface area (Å²) in [6.07, 6.45) is 1.48. The zero-order chi connectivity index (χ0) is 23.4. The maximum absolute atomic E-state index is 10.7. The Bertz CT molecular complexity index is 1150. The largest absolute Gasteiger partial charge is 0.478 e. The molecule has 0 fully saturated rings. The number of aromatic carboxylic acids is 1. The van der Waals surface area contributed by atoms with Crippen LogP contribution in [0.25, 0.3) is 0 Å². The number of hydrogen-bond donors (Lipinski definition) is 1. The van der Waals surface area contributed by atoms with E-state index in [4.69, 9.17) is 15.8 Å². The summed E-state index contributed by atoms with van der Waals surface area (Å²) in [7, 11) is 1.54. The summed E-state index contributed by atoms with van der Waals surface area (Å²) >= 11 is 0. The van der Waals surface area contributed by atoms with Crippen LogP contribution >= 0.6 is 10.7 Å². The molecule has 0 radical (unpaired) electrons. The molecule has 3 rings (SSSR count). The van der Waals surface area contributed by atoms with Crippen molar-refractivity contribution in [1.29, 1.82) is 0 Å². The standard InChI is InChI=1S/C8H7NO.C8H8O2.C7H7ClO2S/c1-7-2-4-8(5-3-7)9-6-10;1-6-3-2-4-7(5-6)8(9)10;1-6-2-4-7(5-3-6)11(8,9)10/h2-5H,1H3;2-5H,1H3,(H,9,10);2-5H,1H3. The third kappa shape index (κ3) is 10.4. The predicted molar refractivity (Wildman–Crippen MR) is 121 cm³/mol. The fourth-order valence-electron chi connectivity index (χ4n) is 2.15. The van der Waals surface area contributed by atoms with Crippen molar-refractivity contribution < 1.29 is 23.1 Å². The van der Waals surface area contributed by atoms with E-state index >= 15 is 0 Å². The lowest BCUT2D eigenvalue weighted by Crippen LogP contribution is -1.95. The molecule has 0 amide bonds. The summed E-state index contributed by atoms with van der Waals surface area (Å²) < 4.78 is 21.4. The van der Waals surface area contributed by atoms with Crippen molar-refractivity contribution >= 4 is 37.5 Å². The molecule has 0 aromatic heterocycles. The van der Waals surface area contributed by atoms with Gasteiger partial charge in [0.2, 0.25) is 6.08 Å². The van der Waals surface area contributed by atoms with Crippen LogP contribution in [0.5, 0.6) is 0 Å².